The molecule has 0 unspecified atom stereocenters. The molecule has 0 atom stereocenters. The van der Waals surface area contributed by atoms with Crippen LogP contribution in [-0.2, 0) is 0 Å². The van der Waals surface area contributed by atoms with E-state index >= 15 is 0 Å². The van der Waals surface area contributed by atoms with Gasteiger partial charge in [0.25, 0.3) is 0 Å². The van der Waals surface area contributed by atoms with Crippen LogP contribution in [0.2, 0.25) is 0 Å². The van der Waals surface area contributed by atoms with E-state index in [-0.39, 0.29) is 0 Å². The van der Waals surface area contributed by atoms with Crippen molar-refractivity contribution in [1.82, 2.24) is 0 Å². The summed E-state index contributed by atoms with van der Waals surface area (Å²) in [6.45, 7) is 2.17. The van der Waals surface area contributed by atoms with Crippen LogP contribution in [0.25, 0.3) is 0 Å². The van der Waals surface area contributed by atoms with E-state index in [0.29, 0.717) is 0 Å². The Labute approximate surface area is 58.0 Å². The maximum Gasteiger partial charge on any atom is 0.0121 e. The lowest BCUT2D eigenvalue weighted by Gasteiger charge is -1.83. The smallest absolute Gasteiger partial charge is 0.0121 e. The van der Waals surface area contributed by atoms with Gasteiger partial charge in [-0.3, -0.25) is 0 Å². The van der Waals surface area contributed by atoms with Crippen LogP contribution < -0.4 is 0 Å². The molecule has 9 heavy (non-hydrogen) atoms. The SMILES string of the molecule is C#CCCC=CCCC. The monoisotopic (exact) mass is 122 g/mol. The molecule has 0 heteroatoms. The first-order valence-electron chi connectivity index (χ1n) is 3.50. The third-order valence-electron chi connectivity index (χ3n) is 1.08. The second-order valence-electron chi connectivity index (χ2n) is 2.00. The summed E-state index contributed by atoms with van der Waals surface area (Å²) < 4.78 is 0. The summed E-state index contributed by atoms with van der Waals surface area (Å²) in [5.41, 5.74) is 0. The molecule has 0 aromatic carbocycles. The van der Waals surface area contributed by atoms with E-state index < -0.39 is 0 Å². The number of rotatable bonds is 4. The summed E-state index contributed by atoms with van der Waals surface area (Å²) in [6, 6.07) is 0. The van der Waals surface area contributed by atoms with E-state index in [0.717, 1.165) is 12.8 Å². The summed E-state index contributed by atoms with van der Waals surface area (Å²) in [4.78, 5) is 0. The van der Waals surface area contributed by atoms with Crippen LogP contribution in [0.3, 0.4) is 0 Å². The number of allylic oxidation sites excluding steroid dienone is 2. The van der Waals surface area contributed by atoms with Gasteiger partial charge < -0.3 is 0 Å². The maximum absolute atomic E-state index is 5.06. The van der Waals surface area contributed by atoms with Crippen LogP contribution in [0, 0.1) is 12.3 Å². The Bertz CT molecular complexity index is 104. The van der Waals surface area contributed by atoms with Gasteiger partial charge in [0.1, 0.15) is 0 Å². The molecule has 50 valence electrons. The largest absolute Gasteiger partial charge is 0.120 e. The van der Waals surface area contributed by atoms with Crippen molar-refractivity contribution >= 4 is 0 Å². The fourth-order valence-electron chi connectivity index (χ4n) is 0.569. The molecular formula is C9H14. The van der Waals surface area contributed by atoms with Crippen LogP contribution in [-0.4, -0.2) is 0 Å². The molecular weight excluding hydrogens is 108 g/mol. The van der Waals surface area contributed by atoms with E-state index in [2.05, 4.69) is 25.0 Å². The second-order valence-corrected chi connectivity index (χ2v) is 2.00. The normalized spacial score (nSPS) is 9.78. The highest BCUT2D eigenvalue weighted by Gasteiger charge is 1.74. The quantitative estimate of drug-likeness (QED) is 0.305. The summed E-state index contributed by atoms with van der Waals surface area (Å²) >= 11 is 0. The molecule has 0 heterocycles. The molecule has 0 fully saturated rings. The van der Waals surface area contributed by atoms with Gasteiger partial charge in [0.15, 0.2) is 0 Å². The van der Waals surface area contributed by atoms with Crippen molar-refractivity contribution in [3.05, 3.63) is 12.2 Å². The summed E-state index contributed by atoms with van der Waals surface area (Å²) in [7, 11) is 0. The van der Waals surface area contributed by atoms with Crippen LogP contribution >= 0.6 is 0 Å². The van der Waals surface area contributed by atoms with Crippen LogP contribution in [0.1, 0.15) is 32.6 Å². The Morgan fingerprint density at radius 2 is 2.00 bits per heavy atom. The number of terminal acetylenes is 1. The summed E-state index contributed by atoms with van der Waals surface area (Å²) in [5, 5.41) is 0. The Morgan fingerprint density at radius 1 is 1.33 bits per heavy atom. The van der Waals surface area contributed by atoms with Crippen molar-refractivity contribution in [2.24, 2.45) is 0 Å². The molecule has 0 rings (SSSR count). The zero-order chi connectivity index (χ0) is 6.95. The predicted octanol–water partition coefficient (Wildman–Crippen LogP) is 2.76. The minimum absolute atomic E-state index is 0.875. The molecule has 0 amide bonds. The third kappa shape index (κ3) is 7.30. The number of hydrogen-bond donors (Lipinski definition) is 0. The molecule has 0 bridgehead atoms. The van der Waals surface area contributed by atoms with Crippen molar-refractivity contribution in [3.8, 4) is 12.3 Å². The van der Waals surface area contributed by atoms with Crippen LogP contribution in [0.5, 0.6) is 0 Å². The van der Waals surface area contributed by atoms with Gasteiger partial charge in [-0.05, 0) is 12.8 Å². The molecule has 0 aliphatic heterocycles. The van der Waals surface area contributed by atoms with Crippen molar-refractivity contribution < 1.29 is 0 Å². The summed E-state index contributed by atoms with van der Waals surface area (Å²) in [5.74, 6) is 2.59. The highest BCUT2D eigenvalue weighted by molar-refractivity contribution is 4.90. The molecule has 0 aliphatic carbocycles. The zero-order valence-electron chi connectivity index (χ0n) is 6.06. The van der Waals surface area contributed by atoms with Crippen molar-refractivity contribution in [1.29, 1.82) is 0 Å². The Kier molecular flexibility index (Phi) is 6.73. The van der Waals surface area contributed by atoms with E-state index in [4.69, 9.17) is 6.42 Å². The minimum atomic E-state index is 0.875. The molecule has 0 aliphatic rings. The maximum atomic E-state index is 5.06. The first kappa shape index (κ1) is 8.30. The van der Waals surface area contributed by atoms with Gasteiger partial charge in [-0.1, -0.05) is 25.5 Å². The number of unbranched alkanes of at least 4 members (excludes halogenated alkanes) is 2. The minimum Gasteiger partial charge on any atom is -0.120 e. The van der Waals surface area contributed by atoms with Crippen molar-refractivity contribution in [3.63, 3.8) is 0 Å². The Morgan fingerprint density at radius 3 is 2.56 bits per heavy atom. The van der Waals surface area contributed by atoms with Crippen LogP contribution in [0.4, 0.5) is 0 Å². The van der Waals surface area contributed by atoms with Gasteiger partial charge in [-0.2, -0.15) is 0 Å². The van der Waals surface area contributed by atoms with Gasteiger partial charge in [-0.25, -0.2) is 0 Å². The van der Waals surface area contributed by atoms with Gasteiger partial charge in [0.05, 0.1) is 0 Å². The van der Waals surface area contributed by atoms with E-state index in [1.54, 1.807) is 0 Å². The fourth-order valence-corrected chi connectivity index (χ4v) is 0.569. The molecule has 0 nitrogen and oxygen atoms in total. The Hall–Kier alpha value is -0.700. The molecule has 0 aromatic rings. The van der Waals surface area contributed by atoms with Gasteiger partial charge in [-0.15, -0.1) is 12.3 Å². The molecule has 0 aromatic heterocycles. The molecule has 0 saturated heterocycles. The molecule has 0 radical (unpaired) electrons. The first-order chi connectivity index (χ1) is 4.41. The van der Waals surface area contributed by atoms with E-state index in [1.165, 1.54) is 12.8 Å². The standard InChI is InChI=1S/C9H14/c1-3-5-7-9-8-6-4-2/h1,8-9H,4-7H2,2H3. The molecule has 0 spiro atoms. The highest BCUT2D eigenvalue weighted by atomic mass is 13.8. The third-order valence-corrected chi connectivity index (χ3v) is 1.08. The summed E-state index contributed by atoms with van der Waals surface area (Å²) in [6.07, 6.45) is 13.7. The lowest BCUT2D eigenvalue weighted by atomic mass is 10.2. The van der Waals surface area contributed by atoms with Gasteiger partial charge in [0.2, 0.25) is 0 Å². The first-order valence-corrected chi connectivity index (χ1v) is 3.50. The average Bonchev–Trinajstić information content (AvgIpc) is 1.89. The van der Waals surface area contributed by atoms with E-state index in [9.17, 15) is 0 Å². The number of hydrogen-bond acceptors (Lipinski definition) is 0. The van der Waals surface area contributed by atoms with Gasteiger partial charge in [0, 0.05) is 6.42 Å². The van der Waals surface area contributed by atoms with E-state index in [1.807, 2.05) is 0 Å². The highest BCUT2D eigenvalue weighted by Crippen LogP contribution is 1.92. The lowest BCUT2D eigenvalue weighted by Crippen LogP contribution is -1.64. The van der Waals surface area contributed by atoms with Gasteiger partial charge >= 0.3 is 0 Å². The van der Waals surface area contributed by atoms with Crippen LogP contribution in [0.15, 0.2) is 12.2 Å². The molecule has 0 saturated carbocycles. The topological polar surface area (TPSA) is 0 Å². The second kappa shape index (κ2) is 7.30. The lowest BCUT2D eigenvalue weighted by molar-refractivity contribution is 0.946. The Balaban J connectivity index is 2.97. The predicted molar refractivity (Wildman–Crippen MR) is 42.1 cm³/mol. The average molecular weight is 122 g/mol. The zero-order valence-corrected chi connectivity index (χ0v) is 6.06. The fraction of sp³-hybridized carbons (Fsp3) is 0.556. The molecule has 0 N–H and O–H groups in total. The van der Waals surface area contributed by atoms with Crippen molar-refractivity contribution in [2.75, 3.05) is 0 Å². The van der Waals surface area contributed by atoms with Crippen molar-refractivity contribution in [2.45, 2.75) is 32.6 Å².